The highest BCUT2D eigenvalue weighted by molar-refractivity contribution is 7.86. The van der Waals surface area contributed by atoms with E-state index in [0.29, 0.717) is 44.7 Å². The Labute approximate surface area is 343 Å². The molecule has 0 saturated carbocycles. The molecule has 4 amide bonds. The molecule has 5 N–H and O–H groups in total. The predicted octanol–water partition coefficient (Wildman–Crippen LogP) is 1.91. The molecule has 1 aliphatic heterocycles. The molecular weight excluding hydrogens is 767 g/mol. The minimum absolute atomic E-state index is 0.0245. The molecule has 1 fully saturated rings. The van der Waals surface area contributed by atoms with E-state index in [1.165, 1.54) is 0 Å². The number of aliphatic hydroxyl groups is 1. The molecule has 322 valence electrons. The third kappa shape index (κ3) is 17.7. The van der Waals surface area contributed by atoms with Gasteiger partial charge in [0, 0.05) is 19.5 Å². The summed E-state index contributed by atoms with van der Waals surface area (Å²) < 4.78 is 33.4. The zero-order valence-corrected chi connectivity index (χ0v) is 35.5. The highest BCUT2D eigenvalue weighted by Crippen LogP contribution is 2.17. The summed E-state index contributed by atoms with van der Waals surface area (Å²) in [7, 11) is -3.99. The number of nitrogens with zero attached hydrogens (tertiary/aromatic N) is 1. The van der Waals surface area contributed by atoms with Crippen molar-refractivity contribution in [1.29, 1.82) is 0 Å². The first-order valence-corrected chi connectivity index (χ1v) is 21.8. The van der Waals surface area contributed by atoms with E-state index < -0.39 is 70.0 Å². The van der Waals surface area contributed by atoms with Crippen LogP contribution < -0.4 is 21.3 Å². The van der Waals surface area contributed by atoms with Gasteiger partial charge in [0.25, 0.3) is 10.1 Å². The molecule has 15 nitrogen and oxygen atoms in total. The fraction of sp³-hybridized carbons (Fsp3) is 0.595. The molecule has 1 heterocycles. The first-order chi connectivity index (χ1) is 27.3. The number of aryl methyl sites for hydroxylation is 1. The lowest BCUT2D eigenvalue weighted by Gasteiger charge is -2.30. The van der Waals surface area contributed by atoms with Crippen molar-refractivity contribution >= 4 is 39.5 Å². The number of benzene rings is 2. The first-order valence-electron chi connectivity index (χ1n) is 20.0. The van der Waals surface area contributed by atoms with E-state index in [-0.39, 0.29) is 50.0 Å². The summed E-state index contributed by atoms with van der Waals surface area (Å²) in [5.41, 5.74) is -0.588. The standard InChI is InChI=1S/C42H63N5O10S/c1-29(2)17-19-34(44-39(50)33(20-18-31-13-9-7-10-14-31)43-37(48)27-47-21-23-56-24-22-47)40(51)46-36(26-32-15-11-8-12-16-32)41(52)45-35(25-30(3)4)38(49)42(5,53)28-57-58(6,54)55/h7-16,29-30,33-36,53H,17-28H2,1-6H3,(H,43,48)(H,44,50)(H,45,52)(H,46,51)/t33-,34-,35?,36-,42?/m0/s1. The number of ketones is 1. The molecule has 0 bridgehead atoms. The van der Waals surface area contributed by atoms with Gasteiger partial charge in [0.1, 0.15) is 30.3 Å². The summed E-state index contributed by atoms with van der Waals surface area (Å²) in [5, 5.41) is 22.3. The Balaban J connectivity index is 1.87. The topological polar surface area (TPSA) is 210 Å². The van der Waals surface area contributed by atoms with Gasteiger partial charge < -0.3 is 31.1 Å². The van der Waals surface area contributed by atoms with Gasteiger partial charge in [0.2, 0.25) is 23.6 Å². The third-order valence-electron chi connectivity index (χ3n) is 9.69. The fourth-order valence-corrected chi connectivity index (χ4v) is 6.89. The molecule has 0 spiro atoms. The number of carbonyl (C=O) groups is 5. The van der Waals surface area contributed by atoms with E-state index in [4.69, 9.17) is 8.92 Å². The molecule has 5 atom stereocenters. The molecule has 2 aromatic carbocycles. The van der Waals surface area contributed by atoms with Crippen LogP contribution in [0.15, 0.2) is 60.7 Å². The fourth-order valence-electron chi connectivity index (χ4n) is 6.44. The van der Waals surface area contributed by atoms with Crippen molar-refractivity contribution in [3.8, 4) is 0 Å². The molecular formula is C42H63N5O10S. The number of morpholine rings is 1. The van der Waals surface area contributed by atoms with Crippen molar-refractivity contribution in [2.45, 2.75) is 103 Å². The number of Topliss-reactive ketones (excluding diaryl/α,β-unsaturated/α-hetero) is 1. The lowest BCUT2D eigenvalue weighted by atomic mass is 9.90. The van der Waals surface area contributed by atoms with Crippen molar-refractivity contribution in [3.05, 3.63) is 71.8 Å². The monoisotopic (exact) mass is 829 g/mol. The lowest BCUT2D eigenvalue weighted by Crippen LogP contribution is -2.60. The molecule has 2 unspecified atom stereocenters. The zero-order valence-electron chi connectivity index (χ0n) is 34.7. The van der Waals surface area contributed by atoms with Crippen LogP contribution in [0.5, 0.6) is 0 Å². The number of hydrogen-bond acceptors (Lipinski definition) is 11. The van der Waals surface area contributed by atoms with Crippen molar-refractivity contribution in [2.75, 3.05) is 45.7 Å². The molecule has 3 rings (SSSR count). The van der Waals surface area contributed by atoms with Crippen LogP contribution in [0.1, 0.15) is 71.4 Å². The Morgan fingerprint density at radius 2 is 1.26 bits per heavy atom. The second-order valence-corrected chi connectivity index (χ2v) is 17.8. The summed E-state index contributed by atoms with van der Waals surface area (Å²) in [5.74, 6) is -3.05. The summed E-state index contributed by atoms with van der Waals surface area (Å²) >= 11 is 0. The van der Waals surface area contributed by atoms with Crippen LogP contribution >= 0.6 is 0 Å². The average Bonchev–Trinajstić information content (AvgIpc) is 3.17. The molecule has 0 aliphatic carbocycles. The normalized spacial score (nSPS) is 16.7. The van der Waals surface area contributed by atoms with Crippen LogP contribution in [0.2, 0.25) is 0 Å². The SMILES string of the molecule is CC(C)CC[C@H](NC(=O)[C@H](CCc1ccccc1)NC(=O)CN1CCOCC1)C(=O)N[C@@H](Cc1ccccc1)C(=O)NC(CC(C)C)C(=O)C(C)(O)COS(C)(=O)=O. The summed E-state index contributed by atoms with van der Waals surface area (Å²) in [6, 6.07) is 14.0. The Morgan fingerprint density at radius 1 is 0.741 bits per heavy atom. The summed E-state index contributed by atoms with van der Waals surface area (Å²) in [6.45, 7) is 10.2. The second-order valence-electron chi connectivity index (χ2n) is 16.1. The number of amides is 4. The Bertz CT molecular complexity index is 1730. The van der Waals surface area contributed by atoms with Gasteiger partial charge in [-0.05, 0) is 62.0 Å². The van der Waals surface area contributed by atoms with Crippen LogP contribution in [-0.2, 0) is 55.9 Å². The third-order valence-corrected chi connectivity index (χ3v) is 10.2. The van der Waals surface area contributed by atoms with Gasteiger partial charge in [-0.2, -0.15) is 8.42 Å². The van der Waals surface area contributed by atoms with Gasteiger partial charge in [0.15, 0.2) is 5.78 Å². The van der Waals surface area contributed by atoms with Crippen LogP contribution in [0.25, 0.3) is 0 Å². The Hall–Kier alpha value is -4.22. The van der Waals surface area contributed by atoms with Crippen molar-refractivity contribution in [2.24, 2.45) is 11.8 Å². The van der Waals surface area contributed by atoms with Gasteiger partial charge in [0.05, 0.1) is 32.1 Å². The maximum absolute atomic E-state index is 14.2. The van der Waals surface area contributed by atoms with E-state index in [2.05, 4.69) is 21.3 Å². The van der Waals surface area contributed by atoms with Gasteiger partial charge in [-0.1, -0.05) is 88.4 Å². The molecule has 58 heavy (non-hydrogen) atoms. The maximum atomic E-state index is 14.2. The van der Waals surface area contributed by atoms with E-state index in [1.807, 2.05) is 62.9 Å². The van der Waals surface area contributed by atoms with E-state index >= 15 is 0 Å². The Morgan fingerprint density at radius 3 is 1.81 bits per heavy atom. The van der Waals surface area contributed by atoms with Crippen LogP contribution in [0, 0.1) is 11.8 Å². The number of ether oxygens (including phenoxy) is 1. The average molecular weight is 830 g/mol. The molecule has 2 aromatic rings. The number of hydrogen-bond donors (Lipinski definition) is 5. The Kier molecular flexibility index (Phi) is 19.4. The first kappa shape index (κ1) is 48.2. The zero-order chi connectivity index (χ0) is 42.9. The van der Waals surface area contributed by atoms with Crippen LogP contribution in [-0.4, -0.2) is 123 Å². The van der Waals surface area contributed by atoms with Crippen LogP contribution in [0.3, 0.4) is 0 Å². The predicted molar refractivity (Wildman–Crippen MR) is 220 cm³/mol. The van der Waals surface area contributed by atoms with Gasteiger partial charge in [-0.3, -0.25) is 33.1 Å². The quantitative estimate of drug-likeness (QED) is 0.0966. The number of nitrogens with one attached hydrogen (secondary N) is 4. The van der Waals surface area contributed by atoms with Crippen LogP contribution in [0.4, 0.5) is 0 Å². The minimum Gasteiger partial charge on any atom is -0.380 e. The molecule has 1 saturated heterocycles. The minimum atomic E-state index is -3.99. The molecule has 1 aliphatic rings. The second kappa shape index (κ2) is 23.4. The molecule has 16 heteroatoms. The molecule has 0 radical (unpaired) electrons. The number of carbonyl (C=O) groups excluding carboxylic acids is 5. The smallest absolute Gasteiger partial charge is 0.264 e. The van der Waals surface area contributed by atoms with Gasteiger partial charge in [-0.15, -0.1) is 0 Å². The van der Waals surface area contributed by atoms with E-state index in [9.17, 15) is 37.5 Å². The summed E-state index contributed by atoms with van der Waals surface area (Å²) in [4.78, 5) is 71.2. The molecule has 0 aromatic heterocycles. The van der Waals surface area contributed by atoms with E-state index in [0.717, 1.165) is 18.7 Å². The highest BCUT2D eigenvalue weighted by atomic mass is 32.2. The highest BCUT2D eigenvalue weighted by Gasteiger charge is 2.39. The maximum Gasteiger partial charge on any atom is 0.264 e. The van der Waals surface area contributed by atoms with E-state index in [1.54, 1.807) is 30.3 Å². The largest absolute Gasteiger partial charge is 0.380 e. The lowest BCUT2D eigenvalue weighted by molar-refractivity contribution is -0.143. The van der Waals surface area contributed by atoms with Gasteiger partial charge >= 0.3 is 0 Å². The van der Waals surface area contributed by atoms with Crippen molar-refractivity contribution in [1.82, 2.24) is 26.2 Å². The number of rotatable bonds is 24. The summed E-state index contributed by atoms with van der Waals surface area (Å²) in [6.07, 6.45) is 2.47. The van der Waals surface area contributed by atoms with Crippen molar-refractivity contribution in [3.63, 3.8) is 0 Å². The van der Waals surface area contributed by atoms with Gasteiger partial charge in [-0.25, -0.2) is 0 Å². The van der Waals surface area contributed by atoms with Crippen molar-refractivity contribution < 1.29 is 46.4 Å².